The minimum Gasteiger partial charge on any atom is -0.464 e. The molecule has 0 unspecified atom stereocenters. The first-order valence-corrected chi connectivity index (χ1v) is 15.4. The Balaban J connectivity index is 1.15. The number of furan rings is 1. The van der Waals surface area contributed by atoms with Gasteiger partial charge in [-0.3, -0.25) is 0 Å². The van der Waals surface area contributed by atoms with E-state index >= 15 is 0 Å². The van der Waals surface area contributed by atoms with Crippen LogP contribution in [0.5, 0.6) is 0 Å². The molecule has 3 heterocycles. The molecule has 0 radical (unpaired) electrons. The number of nitrogens with zero attached hydrogens (tertiary/aromatic N) is 3. The van der Waals surface area contributed by atoms with Crippen molar-refractivity contribution >= 4 is 32.8 Å². The Morgan fingerprint density at radius 1 is 0.457 bits per heavy atom. The van der Waals surface area contributed by atoms with Crippen LogP contribution in [-0.4, -0.2) is 14.5 Å². The molecule has 0 aliphatic rings. The first-order valence-electron chi connectivity index (χ1n) is 15.4. The van der Waals surface area contributed by atoms with Gasteiger partial charge in [0.05, 0.1) is 34.1 Å². The number of rotatable bonds is 5. The first kappa shape index (κ1) is 26.2. The van der Waals surface area contributed by atoms with E-state index < -0.39 is 0 Å². The molecule has 9 rings (SSSR count). The maximum Gasteiger partial charge on any atom is 0.160 e. The van der Waals surface area contributed by atoms with Crippen LogP contribution in [0.2, 0.25) is 0 Å². The third kappa shape index (κ3) is 4.39. The summed E-state index contributed by atoms with van der Waals surface area (Å²) in [6, 6.07) is 54.8. The van der Waals surface area contributed by atoms with Gasteiger partial charge in [-0.25, -0.2) is 9.97 Å². The van der Waals surface area contributed by atoms with E-state index in [9.17, 15) is 0 Å². The third-order valence-corrected chi connectivity index (χ3v) is 8.72. The van der Waals surface area contributed by atoms with Gasteiger partial charge in [0.15, 0.2) is 5.82 Å². The van der Waals surface area contributed by atoms with Gasteiger partial charge in [0.25, 0.3) is 0 Å². The van der Waals surface area contributed by atoms with Crippen LogP contribution in [0.15, 0.2) is 168 Å². The Morgan fingerprint density at radius 2 is 1.04 bits per heavy atom. The lowest BCUT2D eigenvalue weighted by Gasteiger charge is -2.12. The fourth-order valence-electron chi connectivity index (χ4n) is 6.46. The van der Waals surface area contributed by atoms with Crippen LogP contribution in [0.25, 0.3) is 83.5 Å². The lowest BCUT2D eigenvalue weighted by Crippen LogP contribution is -1.97. The van der Waals surface area contributed by atoms with Gasteiger partial charge in [0, 0.05) is 33.2 Å². The molecule has 4 nitrogen and oxygen atoms in total. The van der Waals surface area contributed by atoms with E-state index in [2.05, 4.69) is 132 Å². The Hall–Kier alpha value is -6.26. The quantitative estimate of drug-likeness (QED) is 0.201. The standard InChI is InChI=1S/C42H27N3O/c1-3-9-28(10-4-1)29-15-17-31(18-16-29)37-27-36(30-11-5-2-6-12-30)43-42(44-37)33-19-22-34(23-20-33)45-38-14-8-7-13-35(38)40-39(45)24-21-32-25-26-46-41(32)40/h1-27H. The van der Waals surface area contributed by atoms with Crippen LogP contribution in [0.4, 0.5) is 0 Å². The first-order chi connectivity index (χ1) is 22.8. The summed E-state index contributed by atoms with van der Waals surface area (Å²) in [5, 5.41) is 3.40. The molecule has 0 bridgehead atoms. The van der Waals surface area contributed by atoms with E-state index in [1.165, 1.54) is 16.5 Å². The fourth-order valence-corrected chi connectivity index (χ4v) is 6.46. The van der Waals surface area contributed by atoms with Crippen LogP contribution >= 0.6 is 0 Å². The van der Waals surface area contributed by atoms with Crippen LogP contribution in [-0.2, 0) is 0 Å². The second-order valence-electron chi connectivity index (χ2n) is 11.5. The second-order valence-corrected chi connectivity index (χ2v) is 11.5. The van der Waals surface area contributed by atoms with Crippen molar-refractivity contribution in [3.63, 3.8) is 0 Å². The van der Waals surface area contributed by atoms with Gasteiger partial charge in [-0.05, 0) is 65.7 Å². The van der Waals surface area contributed by atoms with Gasteiger partial charge in [-0.2, -0.15) is 0 Å². The Bertz CT molecular complexity index is 2490. The van der Waals surface area contributed by atoms with E-state index in [0.29, 0.717) is 5.82 Å². The summed E-state index contributed by atoms with van der Waals surface area (Å²) < 4.78 is 8.26. The van der Waals surface area contributed by atoms with E-state index in [0.717, 1.165) is 61.2 Å². The second kappa shape index (κ2) is 10.7. The normalized spacial score (nSPS) is 11.5. The highest BCUT2D eigenvalue weighted by atomic mass is 16.3. The molecule has 4 heteroatoms. The Labute approximate surface area is 265 Å². The Morgan fingerprint density at radius 3 is 1.78 bits per heavy atom. The minimum absolute atomic E-state index is 0.689. The number of benzene rings is 6. The fraction of sp³-hybridized carbons (Fsp3) is 0. The summed E-state index contributed by atoms with van der Waals surface area (Å²) >= 11 is 0. The van der Waals surface area contributed by atoms with Crippen molar-refractivity contribution in [3.05, 3.63) is 164 Å². The zero-order valence-corrected chi connectivity index (χ0v) is 24.8. The lowest BCUT2D eigenvalue weighted by atomic mass is 10.0. The Kier molecular flexibility index (Phi) is 6.10. The predicted molar refractivity (Wildman–Crippen MR) is 188 cm³/mol. The largest absolute Gasteiger partial charge is 0.464 e. The SMILES string of the molecule is c1ccc(-c2ccc(-c3cc(-c4ccccc4)nc(-c4ccc(-n5c6ccccc6c6c7occc7ccc65)cc4)n3)cc2)cc1. The molecule has 6 aromatic carbocycles. The van der Waals surface area contributed by atoms with Gasteiger partial charge in [0.1, 0.15) is 5.58 Å². The maximum atomic E-state index is 5.96. The number of fused-ring (bicyclic) bond motifs is 5. The molecule has 0 aliphatic heterocycles. The van der Waals surface area contributed by atoms with E-state index in [1.54, 1.807) is 6.26 Å². The van der Waals surface area contributed by atoms with Gasteiger partial charge in [-0.15, -0.1) is 0 Å². The summed E-state index contributed by atoms with van der Waals surface area (Å²) in [5.74, 6) is 0.689. The third-order valence-electron chi connectivity index (χ3n) is 8.72. The molecule has 0 fully saturated rings. The molecule has 46 heavy (non-hydrogen) atoms. The molecule has 0 amide bonds. The highest BCUT2D eigenvalue weighted by Gasteiger charge is 2.17. The van der Waals surface area contributed by atoms with Crippen molar-refractivity contribution < 1.29 is 4.42 Å². The highest BCUT2D eigenvalue weighted by molar-refractivity contribution is 6.19. The van der Waals surface area contributed by atoms with Crippen molar-refractivity contribution in [1.29, 1.82) is 0 Å². The molecular formula is C42H27N3O. The number of aromatic nitrogens is 3. The van der Waals surface area contributed by atoms with Crippen LogP contribution in [0.1, 0.15) is 0 Å². The van der Waals surface area contributed by atoms with Crippen LogP contribution < -0.4 is 0 Å². The van der Waals surface area contributed by atoms with E-state index in [4.69, 9.17) is 14.4 Å². The monoisotopic (exact) mass is 589 g/mol. The van der Waals surface area contributed by atoms with Crippen LogP contribution in [0, 0.1) is 0 Å². The van der Waals surface area contributed by atoms with Gasteiger partial charge in [-0.1, -0.05) is 103 Å². The summed E-state index contributed by atoms with van der Waals surface area (Å²) in [7, 11) is 0. The molecule has 0 saturated heterocycles. The molecule has 0 N–H and O–H groups in total. The smallest absolute Gasteiger partial charge is 0.160 e. The van der Waals surface area contributed by atoms with E-state index in [-0.39, 0.29) is 0 Å². The zero-order valence-electron chi connectivity index (χ0n) is 24.8. The summed E-state index contributed by atoms with van der Waals surface area (Å²) in [6.07, 6.45) is 1.76. The van der Waals surface area contributed by atoms with Crippen molar-refractivity contribution in [1.82, 2.24) is 14.5 Å². The van der Waals surface area contributed by atoms with E-state index in [1.807, 2.05) is 30.3 Å². The molecule has 0 spiro atoms. The van der Waals surface area contributed by atoms with Crippen molar-refractivity contribution in [2.75, 3.05) is 0 Å². The van der Waals surface area contributed by atoms with Crippen LogP contribution in [0.3, 0.4) is 0 Å². The van der Waals surface area contributed by atoms with Gasteiger partial charge in [0.2, 0.25) is 0 Å². The van der Waals surface area contributed by atoms with Gasteiger partial charge < -0.3 is 8.98 Å². The van der Waals surface area contributed by atoms with Crippen molar-refractivity contribution in [2.45, 2.75) is 0 Å². The number of para-hydroxylation sites is 1. The maximum absolute atomic E-state index is 5.96. The molecular weight excluding hydrogens is 562 g/mol. The summed E-state index contributed by atoms with van der Waals surface area (Å²) in [6.45, 7) is 0. The molecule has 0 atom stereocenters. The molecule has 216 valence electrons. The predicted octanol–water partition coefficient (Wildman–Crippen LogP) is 11.0. The lowest BCUT2D eigenvalue weighted by molar-refractivity contribution is 0.619. The number of hydrogen-bond donors (Lipinski definition) is 0. The highest BCUT2D eigenvalue weighted by Crippen LogP contribution is 2.37. The molecule has 9 aromatic rings. The van der Waals surface area contributed by atoms with Gasteiger partial charge >= 0.3 is 0 Å². The zero-order chi connectivity index (χ0) is 30.5. The van der Waals surface area contributed by atoms with Crippen molar-refractivity contribution in [2.24, 2.45) is 0 Å². The topological polar surface area (TPSA) is 43.9 Å². The summed E-state index contributed by atoms with van der Waals surface area (Å²) in [5.41, 5.74) is 11.4. The molecule has 0 saturated carbocycles. The molecule has 3 aromatic heterocycles. The van der Waals surface area contributed by atoms with Crippen molar-refractivity contribution in [3.8, 4) is 50.7 Å². The summed E-state index contributed by atoms with van der Waals surface area (Å²) in [4.78, 5) is 10.1. The molecule has 0 aliphatic carbocycles. The minimum atomic E-state index is 0.689. The number of hydrogen-bond acceptors (Lipinski definition) is 3. The average molecular weight is 590 g/mol. The average Bonchev–Trinajstić information content (AvgIpc) is 3.75.